The van der Waals surface area contributed by atoms with Gasteiger partial charge < -0.3 is 5.11 Å². The number of hydrogen-bond donors (Lipinski definition) is 2. The van der Waals surface area contributed by atoms with Gasteiger partial charge in [-0.1, -0.05) is 18.8 Å². The third-order valence-electron chi connectivity index (χ3n) is 3.05. The summed E-state index contributed by atoms with van der Waals surface area (Å²) in [6, 6.07) is 6.54. The van der Waals surface area contributed by atoms with Gasteiger partial charge in [-0.05, 0) is 36.6 Å². The molecule has 4 nitrogen and oxygen atoms in total. The SMILES string of the molecule is CC1CC1NS(=O)(=O)c1ccc(C#CCCO)cc1. The third-order valence-corrected chi connectivity index (χ3v) is 4.56. The molecule has 2 unspecified atom stereocenters. The van der Waals surface area contributed by atoms with Crippen molar-refractivity contribution in [2.75, 3.05) is 6.61 Å². The second-order valence-electron chi connectivity index (χ2n) is 4.74. The largest absolute Gasteiger partial charge is 0.395 e. The zero-order chi connectivity index (χ0) is 13.9. The van der Waals surface area contributed by atoms with Crippen LogP contribution in [0.25, 0.3) is 0 Å². The van der Waals surface area contributed by atoms with Crippen LogP contribution in [0.5, 0.6) is 0 Å². The molecule has 0 spiro atoms. The standard InChI is InChI=1S/C14H17NO3S/c1-11-10-14(11)15-19(17,18)13-7-5-12(6-8-13)4-2-3-9-16/h5-8,11,14-16H,3,9-10H2,1H3. The van der Waals surface area contributed by atoms with Crippen molar-refractivity contribution in [3.8, 4) is 11.8 Å². The summed E-state index contributed by atoms with van der Waals surface area (Å²) in [5, 5.41) is 8.62. The minimum Gasteiger partial charge on any atom is -0.395 e. The van der Waals surface area contributed by atoms with Crippen LogP contribution >= 0.6 is 0 Å². The molecular formula is C14H17NO3S. The van der Waals surface area contributed by atoms with E-state index in [1.165, 1.54) is 0 Å². The Morgan fingerprint density at radius 2 is 2.00 bits per heavy atom. The zero-order valence-corrected chi connectivity index (χ0v) is 11.6. The van der Waals surface area contributed by atoms with Crippen molar-refractivity contribution in [3.05, 3.63) is 29.8 Å². The van der Waals surface area contributed by atoms with Crippen molar-refractivity contribution in [1.29, 1.82) is 0 Å². The Balaban J connectivity index is 2.07. The van der Waals surface area contributed by atoms with E-state index in [4.69, 9.17) is 5.11 Å². The van der Waals surface area contributed by atoms with E-state index in [1.807, 2.05) is 6.92 Å². The topological polar surface area (TPSA) is 66.4 Å². The maximum absolute atomic E-state index is 12.0. The Labute approximate surface area is 113 Å². The summed E-state index contributed by atoms with van der Waals surface area (Å²) in [4.78, 5) is 0.263. The van der Waals surface area contributed by atoms with Gasteiger partial charge in [-0.3, -0.25) is 0 Å². The first kappa shape index (κ1) is 14.1. The highest BCUT2D eigenvalue weighted by atomic mass is 32.2. The van der Waals surface area contributed by atoms with Crippen molar-refractivity contribution in [3.63, 3.8) is 0 Å². The summed E-state index contributed by atoms with van der Waals surface area (Å²) < 4.78 is 26.7. The molecule has 5 heteroatoms. The molecule has 1 saturated carbocycles. The molecule has 0 bridgehead atoms. The minimum atomic E-state index is -3.41. The lowest BCUT2D eigenvalue weighted by Gasteiger charge is -2.05. The van der Waals surface area contributed by atoms with Gasteiger partial charge >= 0.3 is 0 Å². The fraction of sp³-hybridized carbons (Fsp3) is 0.429. The van der Waals surface area contributed by atoms with Crippen LogP contribution in [-0.2, 0) is 10.0 Å². The molecule has 1 fully saturated rings. The Kier molecular flexibility index (Phi) is 4.25. The van der Waals surface area contributed by atoms with Gasteiger partial charge in [0.05, 0.1) is 11.5 Å². The second-order valence-corrected chi connectivity index (χ2v) is 6.45. The third kappa shape index (κ3) is 3.80. The highest BCUT2D eigenvalue weighted by Crippen LogP contribution is 2.30. The molecular weight excluding hydrogens is 262 g/mol. The molecule has 0 saturated heterocycles. The first-order valence-electron chi connectivity index (χ1n) is 6.25. The number of nitrogens with one attached hydrogen (secondary N) is 1. The zero-order valence-electron chi connectivity index (χ0n) is 10.8. The molecule has 2 atom stereocenters. The van der Waals surface area contributed by atoms with Crippen LogP contribution in [0.2, 0.25) is 0 Å². The van der Waals surface area contributed by atoms with E-state index in [2.05, 4.69) is 16.6 Å². The molecule has 0 amide bonds. The molecule has 0 aliphatic heterocycles. The maximum atomic E-state index is 12.0. The predicted octanol–water partition coefficient (Wildman–Crippen LogP) is 1.11. The smallest absolute Gasteiger partial charge is 0.240 e. The van der Waals surface area contributed by atoms with E-state index >= 15 is 0 Å². The summed E-state index contributed by atoms with van der Waals surface area (Å²) in [6.45, 7) is 2.05. The van der Waals surface area contributed by atoms with E-state index in [9.17, 15) is 8.42 Å². The molecule has 1 aliphatic rings. The molecule has 1 aromatic carbocycles. The van der Waals surface area contributed by atoms with Gasteiger partial charge in [0.2, 0.25) is 10.0 Å². The van der Waals surface area contributed by atoms with Gasteiger partial charge in [0.15, 0.2) is 0 Å². The Morgan fingerprint density at radius 1 is 1.37 bits per heavy atom. The summed E-state index contributed by atoms with van der Waals surface area (Å²) in [5.41, 5.74) is 0.743. The van der Waals surface area contributed by atoms with Gasteiger partial charge in [0.25, 0.3) is 0 Å². The van der Waals surface area contributed by atoms with Crippen LogP contribution in [0.15, 0.2) is 29.2 Å². The van der Waals surface area contributed by atoms with Gasteiger partial charge in [-0.25, -0.2) is 13.1 Å². The summed E-state index contributed by atoms with van der Waals surface area (Å²) in [5.74, 6) is 6.08. The Morgan fingerprint density at radius 3 is 2.53 bits per heavy atom. The lowest BCUT2D eigenvalue weighted by molar-refractivity contribution is 0.305. The molecule has 0 heterocycles. The monoisotopic (exact) mass is 279 g/mol. The van der Waals surface area contributed by atoms with Crippen molar-refractivity contribution >= 4 is 10.0 Å². The van der Waals surface area contributed by atoms with Crippen molar-refractivity contribution in [1.82, 2.24) is 4.72 Å². The quantitative estimate of drug-likeness (QED) is 0.811. The number of benzene rings is 1. The minimum absolute atomic E-state index is 0.0307. The van der Waals surface area contributed by atoms with Crippen LogP contribution in [0.1, 0.15) is 25.3 Å². The van der Waals surface area contributed by atoms with Crippen LogP contribution in [0.4, 0.5) is 0 Å². The number of rotatable bonds is 4. The molecule has 1 aliphatic carbocycles. The van der Waals surface area contributed by atoms with E-state index < -0.39 is 10.0 Å². The van der Waals surface area contributed by atoms with Crippen LogP contribution in [0.3, 0.4) is 0 Å². The first-order chi connectivity index (χ1) is 9.03. The average Bonchev–Trinajstić information content (AvgIpc) is 3.05. The lowest BCUT2D eigenvalue weighted by atomic mass is 10.2. The van der Waals surface area contributed by atoms with Crippen molar-refractivity contribution in [2.24, 2.45) is 5.92 Å². The van der Waals surface area contributed by atoms with Crippen molar-refractivity contribution in [2.45, 2.75) is 30.7 Å². The van der Waals surface area contributed by atoms with Gasteiger partial charge in [-0.2, -0.15) is 0 Å². The number of sulfonamides is 1. The van der Waals surface area contributed by atoms with E-state index in [0.29, 0.717) is 12.3 Å². The maximum Gasteiger partial charge on any atom is 0.240 e. The molecule has 1 aromatic rings. The average molecular weight is 279 g/mol. The molecule has 102 valence electrons. The Bertz CT molecular complexity index is 596. The first-order valence-corrected chi connectivity index (χ1v) is 7.73. The number of hydrogen-bond acceptors (Lipinski definition) is 3. The summed E-state index contributed by atoms with van der Waals surface area (Å²) in [6.07, 6.45) is 1.32. The fourth-order valence-corrected chi connectivity index (χ4v) is 3.05. The molecule has 0 radical (unpaired) electrons. The number of aliphatic hydroxyl groups is 1. The summed E-state index contributed by atoms with van der Waals surface area (Å²) >= 11 is 0. The highest BCUT2D eigenvalue weighted by molar-refractivity contribution is 7.89. The Hall–Kier alpha value is -1.35. The number of aliphatic hydroxyl groups excluding tert-OH is 1. The second kappa shape index (κ2) is 5.74. The van der Waals surface area contributed by atoms with Gasteiger partial charge in [-0.15, -0.1) is 0 Å². The molecule has 2 N–H and O–H groups in total. The van der Waals surface area contributed by atoms with E-state index in [0.717, 1.165) is 12.0 Å². The molecule has 2 rings (SSSR count). The van der Waals surface area contributed by atoms with Crippen LogP contribution in [0, 0.1) is 17.8 Å². The molecule has 0 aromatic heterocycles. The van der Waals surface area contributed by atoms with Gasteiger partial charge in [0.1, 0.15) is 0 Å². The highest BCUT2D eigenvalue weighted by Gasteiger charge is 2.36. The van der Waals surface area contributed by atoms with Crippen LogP contribution in [-0.4, -0.2) is 26.2 Å². The normalized spacial score (nSPS) is 21.6. The summed E-state index contributed by atoms with van der Waals surface area (Å²) in [7, 11) is -3.41. The van der Waals surface area contributed by atoms with Crippen molar-refractivity contribution < 1.29 is 13.5 Å². The fourth-order valence-electron chi connectivity index (χ4n) is 1.69. The van der Waals surface area contributed by atoms with E-state index in [-0.39, 0.29) is 17.5 Å². The van der Waals surface area contributed by atoms with Gasteiger partial charge in [0, 0.05) is 18.0 Å². The predicted molar refractivity (Wildman–Crippen MR) is 72.9 cm³/mol. The van der Waals surface area contributed by atoms with E-state index in [1.54, 1.807) is 24.3 Å². The molecule has 19 heavy (non-hydrogen) atoms. The lowest BCUT2D eigenvalue weighted by Crippen LogP contribution is -2.26. The van der Waals surface area contributed by atoms with Crippen LogP contribution < -0.4 is 4.72 Å².